The lowest BCUT2D eigenvalue weighted by molar-refractivity contribution is -0.385. The molecule has 0 unspecified atom stereocenters. The Balaban J connectivity index is 1.57. The first-order valence-electron chi connectivity index (χ1n) is 13.1. The quantitative estimate of drug-likeness (QED) is 0.208. The molecule has 0 fully saturated rings. The monoisotopic (exact) mass is 526 g/mol. The molecule has 39 heavy (non-hydrogen) atoms. The number of benzene rings is 3. The second kappa shape index (κ2) is 11.9. The smallest absolute Gasteiger partial charge is 0.273 e. The zero-order valence-electron chi connectivity index (χ0n) is 22.8. The minimum Gasteiger partial charge on any atom is -0.361 e. The molecule has 0 aliphatic heterocycles. The van der Waals surface area contributed by atoms with Gasteiger partial charge in [-0.3, -0.25) is 19.7 Å². The van der Waals surface area contributed by atoms with E-state index in [2.05, 4.69) is 11.1 Å². The maximum Gasteiger partial charge on any atom is 0.273 e. The van der Waals surface area contributed by atoms with Gasteiger partial charge >= 0.3 is 0 Å². The molecule has 0 aliphatic carbocycles. The number of hydrogen-bond acceptors (Lipinski definition) is 4. The third-order valence-electron chi connectivity index (χ3n) is 7.02. The molecule has 0 saturated heterocycles. The van der Waals surface area contributed by atoms with E-state index in [0.717, 1.165) is 27.6 Å². The number of amides is 2. The lowest BCUT2D eigenvalue weighted by Crippen LogP contribution is -2.46. The van der Waals surface area contributed by atoms with Crippen LogP contribution in [0.4, 0.5) is 5.69 Å². The second-order valence-corrected chi connectivity index (χ2v) is 10.2. The number of aromatic amines is 1. The Bertz CT molecular complexity index is 1490. The van der Waals surface area contributed by atoms with Crippen LogP contribution in [-0.2, 0) is 17.8 Å². The van der Waals surface area contributed by atoms with Crippen molar-refractivity contribution in [3.05, 3.63) is 111 Å². The Morgan fingerprint density at radius 2 is 1.72 bits per heavy atom. The maximum atomic E-state index is 13.7. The van der Waals surface area contributed by atoms with Crippen LogP contribution in [0.3, 0.4) is 0 Å². The van der Waals surface area contributed by atoms with Crippen molar-refractivity contribution in [3.63, 3.8) is 0 Å². The van der Waals surface area contributed by atoms with Gasteiger partial charge in [-0.25, -0.2) is 0 Å². The Labute approximate surface area is 228 Å². The third-order valence-corrected chi connectivity index (χ3v) is 7.02. The summed E-state index contributed by atoms with van der Waals surface area (Å²) in [7, 11) is 0. The number of hydrogen-bond donors (Lipinski definition) is 1. The second-order valence-electron chi connectivity index (χ2n) is 10.2. The molecule has 8 nitrogen and oxygen atoms in total. The Morgan fingerprint density at radius 3 is 2.41 bits per heavy atom. The van der Waals surface area contributed by atoms with E-state index < -0.39 is 10.8 Å². The number of H-pyrrole nitrogens is 1. The fraction of sp³-hybridized carbons (Fsp3) is 0.290. The van der Waals surface area contributed by atoms with Crippen LogP contribution in [0.5, 0.6) is 0 Å². The van der Waals surface area contributed by atoms with Gasteiger partial charge in [-0.15, -0.1) is 0 Å². The topological polar surface area (TPSA) is 99.6 Å². The first kappa shape index (κ1) is 27.6. The number of aryl methyl sites for hydroxylation is 2. The molecular formula is C31H34N4O4. The van der Waals surface area contributed by atoms with Crippen molar-refractivity contribution in [2.24, 2.45) is 0 Å². The average molecular weight is 527 g/mol. The molecule has 0 bridgehead atoms. The van der Waals surface area contributed by atoms with E-state index in [1.807, 2.05) is 69.4 Å². The Hall–Kier alpha value is -4.46. The van der Waals surface area contributed by atoms with Gasteiger partial charge in [0.15, 0.2) is 0 Å². The van der Waals surface area contributed by atoms with Gasteiger partial charge in [-0.2, -0.15) is 0 Å². The molecule has 0 aliphatic rings. The summed E-state index contributed by atoms with van der Waals surface area (Å²) < 4.78 is 0. The molecule has 4 aromatic rings. The molecule has 0 saturated carbocycles. The summed E-state index contributed by atoms with van der Waals surface area (Å²) >= 11 is 0. The minimum atomic E-state index is -0.495. The molecule has 0 atom stereocenters. The predicted molar refractivity (Wildman–Crippen MR) is 153 cm³/mol. The van der Waals surface area contributed by atoms with Gasteiger partial charge in [0.05, 0.1) is 4.92 Å². The van der Waals surface area contributed by atoms with Gasteiger partial charge in [0.1, 0.15) is 6.54 Å². The van der Waals surface area contributed by atoms with Crippen molar-refractivity contribution < 1.29 is 14.5 Å². The van der Waals surface area contributed by atoms with Crippen LogP contribution in [0.25, 0.3) is 10.9 Å². The lowest BCUT2D eigenvalue weighted by Gasteiger charge is -2.30. The summed E-state index contributed by atoms with van der Waals surface area (Å²) in [5.41, 5.74) is 4.87. The third kappa shape index (κ3) is 6.52. The minimum absolute atomic E-state index is 0.115. The van der Waals surface area contributed by atoms with E-state index in [9.17, 15) is 19.7 Å². The molecule has 4 rings (SSSR count). The van der Waals surface area contributed by atoms with Gasteiger partial charge in [-0.1, -0.05) is 54.1 Å². The van der Waals surface area contributed by atoms with Crippen LogP contribution >= 0.6 is 0 Å². The average Bonchev–Trinajstić information content (AvgIpc) is 3.33. The van der Waals surface area contributed by atoms with Crippen molar-refractivity contribution in [1.29, 1.82) is 0 Å². The van der Waals surface area contributed by atoms with Gasteiger partial charge in [-0.05, 0) is 57.4 Å². The molecule has 2 amide bonds. The number of nitro groups is 1. The van der Waals surface area contributed by atoms with Crippen molar-refractivity contribution in [3.8, 4) is 0 Å². The van der Waals surface area contributed by atoms with Crippen LogP contribution in [0, 0.1) is 24.0 Å². The van der Waals surface area contributed by atoms with Crippen molar-refractivity contribution in [2.45, 2.75) is 46.7 Å². The summed E-state index contributed by atoms with van der Waals surface area (Å²) in [6, 6.07) is 20.3. The van der Waals surface area contributed by atoms with E-state index in [-0.39, 0.29) is 29.7 Å². The molecule has 202 valence electrons. The number of carbonyl (C=O) groups is 2. The predicted octanol–water partition coefficient (Wildman–Crippen LogP) is 5.82. The number of rotatable bonds is 10. The number of aromatic nitrogens is 1. The number of nitrogens with one attached hydrogen (secondary N) is 1. The molecule has 0 radical (unpaired) electrons. The molecule has 8 heteroatoms. The summed E-state index contributed by atoms with van der Waals surface area (Å²) in [5.74, 6) is -0.590. The van der Waals surface area contributed by atoms with Crippen molar-refractivity contribution >= 4 is 28.4 Å². The number of nitrogens with zero attached hydrogens (tertiary/aromatic N) is 3. The summed E-state index contributed by atoms with van der Waals surface area (Å²) in [5, 5.41) is 12.6. The number of carbonyl (C=O) groups excluding carboxylic acids is 2. The first-order valence-corrected chi connectivity index (χ1v) is 13.1. The largest absolute Gasteiger partial charge is 0.361 e. The van der Waals surface area contributed by atoms with Crippen LogP contribution in [-0.4, -0.2) is 50.7 Å². The summed E-state index contributed by atoms with van der Waals surface area (Å²) in [6.45, 7) is 8.09. The molecular weight excluding hydrogens is 492 g/mol. The van der Waals surface area contributed by atoms with Crippen molar-refractivity contribution in [1.82, 2.24) is 14.8 Å². The highest BCUT2D eigenvalue weighted by Gasteiger charge is 2.26. The highest BCUT2D eigenvalue weighted by atomic mass is 16.6. The molecule has 0 spiro atoms. The molecule has 1 N–H and O–H groups in total. The summed E-state index contributed by atoms with van der Waals surface area (Å²) in [4.78, 5) is 44.7. The van der Waals surface area contributed by atoms with E-state index >= 15 is 0 Å². The van der Waals surface area contributed by atoms with Crippen LogP contribution in [0.1, 0.15) is 46.5 Å². The molecule has 3 aromatic carbocycles. The zero-order chi connectivity index (χ0) is 28.1. The van der Waals surface area contributed by atoms with Gasteiger partial charge in [0.2, 0.25) is 5.91 Å². The van der Waals surface area contributed by atoms with E-state index in [0.29, 0.717) is 25.1 Å². The first-order chi connectivity index (χ1) is 18.6. The lowest BCUT2D eigenvalue weighted by atomic mass is 10.1. The highest BCUT2D eigenvalue weighted by Crippen LogP contribution is 2.22. The van der Waals surface area contributed by atoms with Gasteiger partial charge < -0.3 is 14.8 Å². The fourth-order valence-electron chi connectivity index (χ4n) is 4.64. The van der Waals surface area contributed by atoms with E-state index in [4.69, 9.17) is 0 Å². The van der Waals surface area contributed by atoms with Crippen LogP contribution in [0.15, 0.2) is 72.9 Å². The standard InChI is InChI=1S/C31H34N4O4/c1-21(2)34(31(37)25-14-11-23(4)29(17-25)35(38)39)20-30(36)33(19-24-12-9-22(3)10-13-24)16-15-26-18-32-28-8-6-5-7-27(26)28/h5-14,17-18,21,32H,15-16,19-20H2,1-4H3. The van der Waals surface area contributed by atoms with E-state index in [1.54, 1.807) is 24.0 Å². The Kier molecular flexibility index (Phi) is 8.44. The van der Waals surface area contributed by atoms with Crippen LogP contribution in [0.2, 0.25) is 0 Å². The molecule has 1 aromatic heterocycles. The highest BCUT2D eigenvalue weighted by molar-refractivity contribution is 5.97. The maximum absolute atomic E-state index is 13.7. The fourth-order valence-corrected chi connectivity index (χ4v) is 4.64. The normalized spacial score (nSPS) is 11.1. The van der Waals surface area contributed by atoms with Gasteiger partial charge in [0.25, 0.3) is 11.6 Å². The zero-order valence-corrected chi connectivity index (χ0v) is 22.8. The number of nitro benzene ring substituents is 1. The SMILES string of the molecule is Cc1ccc(CN(CCc2c[nH]c3ccccc23)C(=O)CN(C(=O)c2ccc(C)c([N+](=O)[O-])c2)C(C)C)cc1. The van der Waals surface area contributed by atoms with Gasteiger partial charge in [0, 0.05) is 53.4 Å². The molecule has 1 heterocycles. The Morgan fingerprint density at radius 1 is 1.00 bits per heavy atom. The van der Waals surface area contributed by atoms with E-state index in [1.165, 1.54) is 11.0 Å². The van der Waals surface area contributed by atoms with Crippen LogP contribution < -0.4 is 0 Å². The summed E-state index contributed by atoms with van der Waals surface area (Å²) in [6.07, 6.45) is 2.63. The number of para-hydroxylation sites is 1. The number of fused-ring (bicyclic) bond motifs is 1. The van der Waals surface area contributed by atoms with Crippen molar-refractivity contribution in [2.75, 3.05) is 13.1 Å².